The number of nitrogens with zero attached hydrogens (tertiary/aromatic N) is 4. The molecule has 0 radical (unpaired) electrons. The fraction of sp³-hybridized carbons (Fsp3) is 0.571. The van der Waals surface area contributed by atoms with Gasteiger partial charge in [0.1, 0.15) is 5.75 Å². The van der Waals surface area contributed by atoms with Crippen molar-refractivity contribution in [1.82, 2.24) is 19.6 Å². The van der Waals surface area contributed by atoms with E-state index in [1.807, 2.05) is 24.0 Å². The first-order chi connectivity index (χ1) is 12.5. The monoisotopic (exact) mass is 356 g/mol. The molecule has 1 aliphatic heterocycles. The van der Waals surface area contributed by atoms with Crippen LogP contribution in [-0.2, 0) is 7.05 Å². The van der Waals surface area contributed by atoms with E-state index in [-0.39, 0.29) is 0 Å². The topological polar surface area (TPSA) is 33.5 Å². The molecule has 0 bridgehead atoms. The molecule has 26 heavy (non-hydrogen) atoms. The number of aromatic nitrogens is 2. The van der Waals surface area contributed by atoms with Crippen molar-refractivity contribution in [3.8, 4) is 5.75 Å². The van der Waals surface area contributed by atoms with Crippen molar-refractivity contribution in [1.29, 1.82) is 0 Å². The number of benzene rings is 1. The summed E-state index contributed by atoms with van der Waals surface area (Å²) in [5, 5.41) is 4.40. The van der Waals surface area contributed by atoms with Crippen LogP contribution in [0, 0.1) is 5.92 Å². The summed E-state index contributed by atoms with van der Waals surface area (Å²) in [6.45, 7) is 4.51. The quantitative estimate of drug-likeness (QED) is 0.793. The van der Waals surface area contributed by atoms with Gasteiger partial charge in [-0.05, 0) is 64.0 Å². The van der Waals surface area contributed by atoms with Crippen molar-refractivity contribution in [2.45, 2.75) is 31.8 Å². The maximum Gasteiger partial charge on any atom is 0.119 e. The molecule has 2 heterocycles. The van der Waals surface area contributed by atoms with Crippen molar-refractivity contribution in [3.05, 3.63) is 47.8 Å². The number of methoxy groups -OCH3 is 1. The highest BCUT2D eigenvalue weighted by molar-refractivity contribution is 5.30. The van der Waals surface area contributed by atoms with Gasteiger partial charge in [0.2, 0.25) is 0 Å². The van der Waals surface area contributed by atoms with Gasteiger partial charge in [0.15, 0.2) is 0 Å². The van der Waals surface area contributed by atoms with Gasteiger partial charge < -0.3 is 4.74 Å². The van der Waals surface area contributed by atoms with E-state index >= 15 is 0 Å². The molecule has 0 N–H and O–H groups in total. The average Bonchev–Trinajstić information content (AvgIpc) is 3.07. The molecule has 5 heteroatoms. The first-order valence-corrected chi connectivity index (χ1v) is 9.52. The summed E-state index contributed by atoms with van der Waals surface area (Å²) < 4.78 is 7.31. The number of ether oxygens (including phenoxy) is 1. The lowest BCUT2D eigenvalue weighted by atomic mass is 9.85. The van der Waals surface area contributed by atoms with E-state index in [1.165, 1.54) is 24.0 Å². The number of piperidine rings is 1. The molecule has 1 saturated heterocycles. The van der Waals surface area contributed by atoms with Crippen molar-refractivity contribution >= 4 is 0 Å². The predicted octanol–water partition coefficient (Wildman–Crippen LogP) is 3.50. The zero-order valence-electron chi connectivity index (χ0n) is 16.7. The van der Waals surface area contributed by atoms with E-state index in [9.17, 15) is 0 Å². The highest BCUT2D eigenvalue weighted by Gasteiger charge is 2.32. The van der Waals surface area contributed by atoms with Gasteiger partial charge >= 0.3 is 0 Å². The molecule has 1 aromatic carbocycles. The van der Waals surface area contributed by atoms with Crippen molar-refractivity contribution in [2.24, 2.45) is 13.0 Å². The van der Waals surface area contributed by atoms with E-state index < -0.39 is 0 Å². The summed E-state index contributed by atoms with van der Waals surface area (Å²) in [6, 6.07) is 9.21. The molecule has 0 amide bonds. The average molecular weight is 357 g/mol. The van der Waals surface area contributed by atoms with Crippen molar-refractivity contribution < 1.29 is 4.74 Å². The number of aryl methyl sites for hydroxylation is 1. The second-order valence-corrected chi connectivity index (χ2v) is 7.67. The Morgan fingerprint density at radius 1 is 1.35 bits per heavy atom. The zero-order chi connectivity index (χ0) is 18.7. The fourth-order valence-corrected chi connectivity index (χ4v) is 4.25. The van der Waals surface area contributed by atoms with Gasteiger partial charge in [-0.25, -0.2) is 0 Å². The molecule has 5 nitrogen and oxygen atoms in total. The molecular formula is C21H32N4O. The zero-order valence-corrected chi connectivity index (χ0v) is 16.7. The highest BCUT2D eigenvalue weighted by atomic mass is 16.5. The van der Waals surface area contributed by atoms with Crippen LogP contribution in [-0.4, -0.2) is 53.9 Å². The van der Waals surface area contributed by atoms with Gasteiger partial charge in [-0.3, -0.25) is 14.5 Å². The minimum Gasteiger partial charge on any atom is -0.497 e. The lowest BCUT2D eigenvalue weighted by Gasteiger charge is -2.41. The molecular weight excluding hydrogens is 324 g/mol. The Hall–Kier alpha value is -1.85. The second-order valence-electron chi connectivity index (χ2n) is 7.67. The van der Waals surface area contributed by atoms with Crippen LogP contribution in [0.5, 0.6) is 5.75 Å². The maximum atomic E-state index is 5.39. The van der Waals surface area contributed by atoms with E-state index in [2.05, 4.69) is 60.3 Å². The molecule has 0 saturated carbocycles. The van der Waals surface area contributed by atoms with Crippen LogP contribution in [0.2, 0.25) is 0 Å². The molecule has 3 rings (SSSR count). The summed E-state index contributed by atoms with van der Waals surface area (Å²) >= 11 is 0. The van der Waals surface area contributed by atoms with Gasteiger partial charge in [-0.15, -0.1) is 0 Å². The molecule has 1 unspecified atom stereocenters. The lowest BCUT2D eigenvalue weighted by molar-refractivity contribution is 0.0839. The minimum absolute atomic E-state index is 0.354. The lowest BCUT2D eigenvalue weighted by Crippen LogP contribution is -2.41. The third kappa shape index (κ3) is 4.10. The van der Waals surface area contributed by atoms with Gasteiger partial charge in [-0.2, -0.15) is 5.10 Å². The first-order valence-electron chi connectivity index (χ1n) is 9.52. The van der Waals surface area contributed by atoms with E-state index in [1.54, 1.807) is 7.11 Å². The number of hydrogen-bond acceptors (Lipinski definition) is 4. The molecule has 1 aromatic heterocycles. The summed E-state index contributed by atoms with van der Waals surface area (Å²) in [6.07, 6.45) is 6.73. The third-order valence-electron chi connectivity index (χ3n) is 5.83. The van der Waals surface area contributed by atoms with E-state index in [0.717, 1.165) is 18.8 Å². The molecule has 1 fully saturated rings. The Morgan fingerprint density at radius 2 is 2.15 bits per heavy atom. The van der Waals surface area contributed by atoms with Crippen molar-refractivity contribution in [3.63, 3.8) is 0 Å². The van der Waals surface area contributed by atoms with Crippen LogP contribution < -0.4 is 4.74 Å². The normalized spacial score (nSPS) is 22.5. The number of hydrogen-bond donors (Lipinski definition) is 0. The summed E-state index contributed by atoms with van der Waals surface area (Å²) in [5.41, 5.74) is 2.64. The Morgan fingerprint density at radius 3 is 2.85 bits per heavy atom. The second kappa shape index (κ2) is 8.23. The summed E-state index contributed by atoms with van der Waals surface area (Å²) in [5.74, 6) is 1.53. The van der Waals surface area contributed by atoms with E-state index in [0.29, 0.717) is 18.0 Å². The van der Waals surface area contributed by atoms with Gasteiger partial charge in [-0.1, -0.05) is 12.1 Å². The Labute approximate surface area is 157 Å². The first kappa shape index (κ1) is 18.9. The molecule has 0 spiro atoms. The van der Waals surface area contributed by atoms with Crippen LogP contribution in [0.15, 0.2) is 36.7 Å². The molecule has 1 aliphatic rings. The van der Waals surface area contributed by atoms with Gasteiger partial charge in [0.25, 0.3) is 0 Å². The molecule has 0 aliphatic carbocycles. The fourth-order valence-electron chi connectivity index (χ4n) is 4.25. The van der Waals surface area contributed by atoms with Crippen LogP contribution in [0.4, 0.5) is 0 Å². The molecule has 142 valence electrons. The smallest absolute Gasteiger partial charge is 0.119 e. The summed E-state index contributed by atoms with van der Waals surface area (Å²) in [4.78, 5) is 4.97. The highest BCUT2D eigenvalue weighted by Crippen LogP contribution is 2.36. The van der Waals surface area contributed by atoms with Crippen LogP contribution >= 0.6 is 0 Å². The molecule has 3 atom stereocenters. The predicted molar refractivity (Wildman–Crippen MR) is 105 cm³/mol. The molecule has 2 aromatic rings. The van der Waals surface area contributed by atoms with Crippen LogP contribution in [0.3, 0.4) is 0 Å². The standard InChI is InChI=1S/C21H32N4O/c1-16(17-8-6-10-20(12-17)26-5)24(3)14-18-9-7-11-23(2)21(18)19-13-22-25(4)15-19/h6,8,10,12-13,15-16,18,21H,7,9,11,14H2,1-5H3/t16?,18-,21+/m0/s1. The van der Waals surface area contributed by atoms with Crippen molar-refractivity contribution in [2.75, 3.05) is 34.3 Å². The largest absolute Gasteiger partial charge is 0.497 e. The number of likely N-dealkylation sites (tertiary alicyclic amines) is 1. The Kier molecular flexibility index (Phi) is 5.99. The van der Waals surface area contributed by atoms with Crippen LogP contribution in [0.25, 0.3) is 0 Å². The van der Waals surface area contributed by atoms with Gasteiger partial charge in [0.05, 0.1) is 13.3 Å². The minimum atomic E-state index is 0.354. The Balaban J connectivity index is 1.74. The van der Waals surface area contributed by atoms with Crippen LogP contribution in [0.1, 0.15) is 43.0 Å². The Bertz CT molecular complexity index is 714. The summed E-state index contributed by atoms with van der Waals surface area (Å²) in [7, 11) is 8.20. The van der Waals surface area contributed by atoms with E-state index in [4.69, 9.17) is 4.74 Å². The SMILES string of the molecule is COc1cccc(C(C)N(C)C[C@@H]2CCCN(C)[C@H]2c2cnn(C)c2)c1. The third-order valence-corrected chi connectivity index (χ3v) is 5.83. The van der Waals surface area contributed by atoms with Gasteiger partial charge in [0, 0.05) is 37.4 Å². The maximum absolute atomic E-state index is 5.39. The number of rotatable bonds is 6.